The Morgan fingerprint density at radius 2 is 0.514 bits per heavy atom. The van der Waals surface area contributed by atoms with Crippen LogP contribution in [0.4, 0.5) is 0 Å². The summed E-state index contributed by atoms with van der Waals surface area (Å²) in [6.45, 7) is 7.94. The molecule has 5 rings (SSSR count). The van der Waals surface area contributed by atoms with Crippen molar-refractivity contribution >= 4 is 0 Å². The highest BCUT2D eigenvalue weighted by molar-refractivity contribution is 5.64. The maximum Gasteiger partial charge on any atom is 0.119 e. The summed E-state index contributed by atoms with van der Waals surface area (Å²) in [5.41, 5.74) is 6.42. The maximum atomic E-state index is 6.09. The summed E-state index contributed by atoms with van der Waals surface area (Å²) in [6.07, 6.45) is 20.3. The lowest BCUT2D eigenvalue weighted by atomic mass is 9.97. The van der Waals surface area contributed by atoms with Crippen molar-refractivity contribution in [1.29, 1.82) is 0 Å². The fourth-order valence-electron chi connectivity index (χ4n) is 7.45. The fourth-order valence-corrected chi connectivity index (χ4v) is 7.45. The second kappa shape index (κ2) is 33.9. The predicted molar refractivity (Wildman–Crippen MR) is 287 cm³/mol. The third-order valence-corrected chi connectivity index (χ3v) is 11.6. The molecule has 5 aromatic carbocycles. The summed E-state index contributed by atoms with van der Waals surface area (Å²) < 4.78 is 34.0. The van der Waals surface area contributed by atoms with Crippen LogP contribution in [0.5, 0.6) is 23.0 Å². The van der Waals surface area contributed by atoms with Crippen LogP contribution >= 0.6 is 0 Å². The third-order valence-electron chi connectivity index (χ3n) is 11.6. The van der Waals surface area contributed by atoms with Crippen molar-refractivity contribution in [3.8, 4) is 70.4 Å². The molecular formula is C64H74O6. The Bertz CT molecular complexity index is 2320. The molecule has 0 heterocycles. The monoisotopic (exact) mass is 939 g/mol. The maximum absolute atomic E-state index is 6.09. The van der Waals surface area contributed by atoms with Crippen molar-refractivity contribution in [2.45, 2.75) is 117 Å². The van der Waals surface area contributed by atoms with Crippen LogP contribution in [0, 0.1) is 47.4 Å². The molecule has 0 aliphatic carbocycles. The van der Waals surface area contributed by atoms with E-state index in [0.717, 1.165) is 93.6 Å². The lowest BCUT2D eigenvalue weighted by molar-refractivity contribution is 0.146. The highest BCUT2D eigenvalue weighted by Gasteiger charge is 2.07. The van der Waals surface area contributed by atoms with Gasteiger partial charge in [-0.3, -0.25) is 0 Å². The normalized spacial score (nSPS) is 10.3. The Balaban J connectivity index is 1.41. The summed E-state index contributed by atoms with van der Waals surface area (Å²) in [5.74, 6) is 30.5. The van der Waals surface area contributed by atoms with E-state index in [9.17, 15) is 0 Å². The second-order valence-corrected chi connectivity index (χ2v) is 17.4. The molecule has 0 unspecified atom stereocenters. The van der Waals surface area contributed by atoms with Crippen molar-refractivity contribution in [3.63, 3.8) is 0 Å². The van der Waals surface area contributed by atoms with Gasteiger partial charge < -0.3 is 28.4 Å². The molecule has 0 atom stereocenters. The Morgan fingerprint density at radius 1 is 0.271 bits per heavy atom. The first-order valence-corrected chi connectivity index (χ1v) is 25.7. The smallest absolute Gasteiger partial charge is 0.119 e. The summed E-state index contributed by atoms with van der Waals surface area (Å²) in [6, 6.07) is 35.5. The first-order valence-electron chi connectivity index (χ1n) is 25.7. The van der Waals surface area contributed by atoms with Gasteiger partial charge >= 0.3 is 0 Å². The molecule has 0 spiro atoms. The third kappa shape index (κ3) is 21.8. The van der Waals surface area contributed by atoms with Gasteiger partial charge in [0.25, 0.3) is 0 Å². The number of benzene rings is 5. The number of rotatable bonds is 28. The van der Waals surface area contributed by atoms with E-state index >= 15 is 0 Å². The highest BCUT2D eigenvalue weighted by atomic mass is 16.5. The van der Waals surface area contributed by atoms with E-state index in [0.29, 0.717) is 26.4 Å². The molecule has 0 amide bonds. The van der Waals surface area contributed by atoms with Crippen molar-refractivity contribution in [3.05, 3.63) is 154 Å². The SMILES string of the molecule is CCCCCCCCCCOc1ccc(C#Cc2cc(C#Cc3ccc(OCCOC)cc3)c(C#Cc3ccc(OCCOC)cc3)cc2C#Cc2ccc(OCCCCCCCCCC)cc2)cc1. The molecule has 0 saturated carbocycles. The molecule has 0 aliphatic rings. The van der Waals surface area contributed by atoms with Crippen molar-refractivity contribution < 1.29 is 28.4 Å². The number of hydrogen-bond acceptors (Lipinski definition) is 6. The Kier molecular flexibility index (Phi) is 26.3. The lowest BCUT2D eigenvalue weighted by Crippen LogP contribution is -2.03. The van der Waals surface area contributed by atoms with Gasteiger partial charge in [-0.2, -0.15) is 0 Å². The van der Waals surface area contributed by atoms with Crippen LogP contribution in [-0.4, -0.2) is 53.9 Å². The van der Waals surface area contributed by atoms with Gasteiger partial charge in [0.2, 0.25) is 0 Å². The van der Waals surface area contributed by atoms with Gasteiger partial charge in [-0.25, -0.2) is 0 Å². The topological polar surface area (TPSA) is 55.4 Å². The van der Waals surface area contributed by atoms with E-state index in [1.807, 2.05) is 109 Å². The minimum atomic E-state index is 0.475. The fraction of sp³-hybridized carbons (Fsp3) is 0.406. The van der Waals surface area contributed by atoms with Crippen molar-refractivity contribution in [2.75, 3.05) is 53.9 Å². The Labute approximate surface area is 421 Å². The van der Waals surface area contributed by atoms with Gasteiger partial charge in [-0.05, 0) is 122 Å². The average Bonchev–Trinajstić information content (AvgIpc) is 3.39. The Morgan fingerprint density at radius 3 is 0.771 bits per heavy atom. The number of hydrogen-bond donors (Lipinski definition) is 0. The molecule has 0 aromatic heterocycles. The molecule has 5 aromatic rings. The van der Waals surface area contributed by atoms with E-state index in [1.54, 1.807) is 14.2 Å². The molecular weight excluding hydrogens is 865 g/mol. The molecule has 366 valence electrons. The first-order chi connectivity index (χ1) is 34.6. The average molecular weight is 939 g/mol. The molecule has 0 bridgehead atoms. The molecule has 0 aliphatic heterocycles. The van der Waals surface area contributed by atoms with Crippen LogP contribution in [-0.2, 0) is 9.47 Å². The van der Waals surface area contributed by atoms with Gasteiger partial charge in [-0.15, -0.1) is 0 Å². The molecule has 0 radical (unpaired) electrons. The van der Waals surface area contributed by atoms with Gasteiger partial charge in [0, 0.05) is 58.7 Å². The summed E-state index contributed by atoms with van der Waals surface area (Å²) in [7, 11) is 3.32. The number of ether oxygens (including phenoxy) is 6. The van der Waals surface area contributed by atoms with Gasteiger partial charge in [-0.1, -0.05) is 151 Å². The van der Waals surface area contributed by atoms with Gasteiger partial charge in [0.05, 0.1) is 26.4 Å². The van der Waals surface area contributed by atoms with Gasteiger partial charge in [0.1, 0.15) is 36.2 Å². The number of methoxy groups -OCH3 is 2. The highest BCUT2D eigenvalue weighted by Crippen LogP contribution is 2.20. The number of unbranched alkanes of at least 4 members (excludes halogenated alkanes) is 14. The zero-order chi connectivity index (χ0) is 49.1. The van der Waals surface area contributed by atoms with E-state index < -0.39 is 0 Å². The second-order valence-electron chi connectivity index (χ2n) is 17.4. The van der Waals surface area contributed by atoms with Crippen LogP contribution in [0.2, 0.25) is 0 Å². The van der Waals surface area contributed by atoms with E-state index in [1.165, 1.54) is 89.9 Å². The standard InChI is InChI=1S/C64H74O6/c1-5-7-9-11-13-15-17-19-45-67-61-37-25-53(26-38-61)21-33-57-51-59(35-23-55-29-41-63(42-30-55)69-49-47-65-3)60(36-24-56-31-43-64(44-32-56)70-50-48-66-4)52-58(57)34-22-54-27-39-62(40-28-54)68-46-20-18-16-14-12-10-8-6-2/h25-32,37-44,51-52H,5-20,45-50H2,1-4H3. The van der Waals surface area contributed by atoms with E-state index in [2.05, 4.69) is 61.2 Å². The largest absolute Gasteiger partial charge is 0.494 e. The van der Waals surface area contributed by atoms with Crippen molar-refractivity contribution in [1.82, 2.24) is 0 Å². The summed E-state index contributed by atoms with van der Waals surface area (Å²) in [5, 5.41) is 0. The minimum absolute atomic E-state index is 0.475. The molecule has 0 saturated heterocycles. The molecule has 70 heavy (non-hydrogen) atoms. The molecule has 0 fully saturated rings. The van der Waals surface area contributed by atoms with Crippen LogP contribution < -0.4 is 18.9 Å². The molecule has 0 N–H and O–H groups in total. The van der Waals surface area contributed by atoms with Crippen LogP contribution in [0.3, 0.4) is 0 Å². The Hall–Kier alpha value is -6.54. The zero-order valence-corrected chi connectivity index (χ0v) is 42.4. The predicted octanol–water partition coefficient (Wildman–Crippen LogP) is 14.4. The molecule has 6 heteroatoms. The summed E-state index contributed by atoms with van der Waals surface area (Å²) >= 11 is 0. The minimum Gasteiger partial charge on any atom is -0.494 e. The first kappa shape index (κ1) is 54.4. The van der Waals surface area contributed by atoms with Crippen LogP contribution in [0.15, 0.2) is 109 Å². The lowest BCUT2D eigenvalue weighted by Gasteiger charge is -2.06. The van der Waals surface area contributed by atoms with Crippen LogP contribution in [0.25, 0.3) is 0 Å². The molecule has 6 nitrogen and oxygen atoms in total. The van der Waals surface area contributed by atoms with E-state index in [-0.39, 0.29) is 0 Å². The van der Waals surface area contributed by atoms with Crippen LogP contribution in [0.1, 0.15) is 161 Å². The van der Waals surface area contributed by atoms with Crippen molar-refractivity contribution in [2.24, 2.45) is 0 Å². The zero-order valence-electron chi connectivity index (χ0n) is 42.4. The van der Waals surface area contributed by atoms with E-state index in [4.69, 9.17) is 28.4 Å². The van der Waals surface area contributed by atoms with Gasteiger partial charge in [0.15, 0.2) is 0 Å². The quantitative estimate of drug-likeness (QED) is 0.0368. The summed E-state index contributed by atoms with van der Waals surface area (Å²) in [4.78, 5) is 0.